The standard InChI is InChI=1S/C22H30N2O4S/c1-16-8-9-17(2)21(15-16)24(29(5,26)27)14-6-7-22(25)23-18(3)19-10-12-20(28-4)13-11-19/h8-13,15,18H,6-7,14H2,1-5H3,(H,23,25). The van der Waals surface area contributed by atoms with Gasteiger partial charge in [0.2, 0.25) is 15.9 Å². The van der Waals surface area contributed by atoms with Crippen LogP contribution in [0, 0.1) is 13.8 Å². The maximum absolute atomic E-state index is 12.3. The van der Waals surface area contributed by atoms with Crippen LogP contribution in [0.15, 0.2) is 42.5 Å². The molecule has 6 nitrogen and oxygen atoms in total. The summed E-state index contributed by atoms with van der Waals surface area (Å²) < 4.78 is 31.1. The van der Waals surface area contributed by atoms with Gasteiger partial charge in [0.05, 0.1) is 25.1 Å². The molecule has 0 aliphatic carbocycles. The molecular weight excluding hydrogens is 388 g/mol. The molecule has 29 heavy (non-hydrogen) atoms. The molecule has 2 aromatic carbocycles. The number of hydrogen-bond donors (Lipinski definition) is 1. The van der Waals surface area contributed by atoms with Crippen LogP contribution in [0.2, 0.25) is 0 Å². The molecule has 0 radical (unpaired) electrons. The third kappa shape index (κ3) is 6.49. The summed E-state index contributed by atoms with van der Waals surface area (Å²) in [6.07, 6.45) is 1.87. The summed E-state index contributed by atoms with van der Waals surface area (Å²) in [7, 11) is -1.83. The van der Waals surface area contributed by atoms with Crippen LogP contribution in [-0.2, 0) is 14.8 Å². The van der Waals surface area contributed by atoms with Crippen molar-refractivity contribution in [2.75, 3.05) is 24.2 Å². The summed E-state index contributed by atoms with van der Waals surface area (Å²) >= 11 is 0. The molecule has 1 atom stereocenters. The number of amides is 1. The van der Waals surface area contributed by atoms with Crippen molar-refractivity contribution in [3.8, 4) is 5.75 Å². The second-order valence-electron chi connectivity index (χ2n) is 7.29. The number of aryl methyl sites for hydroxylation is 2. The third-order valence-corrected chi connectivity index (χ3v) is 5.97. The number of rotatable bonds is 9. The number of benzene rings is 2. The lowest BCUT2D eigenvalue weighted by atomic mass is 10.1. The minimum absolute atomic E-state index is 0.109. The number of ether oxygens (including phenoxy) is 1. The van der Waals surface area contributed by atoms with Crippen LogP contribution in [0.1, 0.15) is 42.5 Å². The van der Waals surface area contributed by atoms with Gasteiger partial charge in [-0.25, -0.2) is 8.42 Å². The van der Waals surface area contributed by atoms with Gasteiger partial charge in [-0.2, -0.15) is 0 Å². The summed E-state index contributed by atoms with van der Waals surface area (Å²) in [5, 5.41) is 2.96. The largest absolute Gasteiger partial charge is 0.497 e. The van der Waals surface area contributed by atoms with Crippen LogP contribution in [-0.4, -0.2) is 34.2 Å². The van der Waals surface area contributed by atoms with Gasteiger partial charge in [0, 0.05) is 13.0 Å². The van der Waals surface area contributed by atoms with E-state index in [-0.39, 0.29) is 24.9 Å². The molecule has 2 rings (SSSR count). The van der Waals surface area contributed by atoms with Gasteiger partial charge in [0.1, 0.15) is 5.75 Å². The Kier molecular flexibility index (Phi) is 7.67. The van der Waals surface area contributed by atoms with E-state index in [1.54, 1.807) is 7.11 Å². The molecule has 0 fully saturated rings. The average Bonchev–Trinajstić information content (AvgIpc) is 2.66. The first-order valence-corrected chi connectivity index (χ1v) is 11.4. The first kappa shape index (κ1) is 22.7. The lowest BCUT2D eigenvalue weighted by Gasteiger charge is -2.24. The van der Waals surface area contributed by atoms with Crippen LogP contribution in [0.3, 0.4) is 0 Å². The van der Waals surface area contributed by atoms with E-state index in [1.165, 1.54) is 10.6 Å². The molecule has 7 heteroatoms. The topological polar surface area (TPSA) is 75.7 Å². The molecule has 2 aromatic rings. The summed E-state index contributed by atoms with van der Waals surface area (Å²) in [4.78, 5) is 12.3. The normalized spacial score (nSPS) is 12.3. The van der Waals surface area contributed by atoms with Gasteiger partial charge in [-0.05, 0) is 62.1 Å². The fraction of sp³-hybridized carbons (Fsp3) is 0.409. The third-order valence-electron chi connectivity index (χ3n) is 4.79. The number of nitrogens with one attached hydrogen (secondary N) is 1. The molecule has 0 aromatic heterocycles. The molecule has 0 saturated carbocycles. The number of anilines is 1. The van der Waals surface area contributed by atoms with Crippen molar-refractivity contribution in [2.45, 2.75) is 39.7 Å². The number of nitrogens with zero attached hydrogens (tertiary/aromatic N) is 1. The zero-order valence-corrected chi connectivity index (χ0v) is 18.5. The van der Waals surface area contributed by atoms with Crippen molar-refractivity contribution in [3.05, 3.63) is 59.2 Å². The maximum atomic E-state index is 12.3. The molecule has 1 amide bonds. The van der Waals surface area contributed by atoms with E-state index < -0.39 is 10.0 Å². The van der Waals surface area contributed by atoms with Crippen LogP contribution >= 0.6 is 0 Å². The van der Waals surface area contributed by atoms with Gasteiger partial charge in [-0.15, -0.1) is 0 Å². The van der Waals surface area contributed by atoms with Crippen molar-refractivity contribution in [2.24, 2.45) is 0 Å². The van der Waals surface area contributed by atoms with Crippen molar-refractivity contribution in [1.29, 1.82) is 0 Å². The smallest absolute Gasteiger partial charge is 0.232 e. The molecular formula is C22H30N2O4S. The minimum atomic E-state index is -3.44. The van der Waals surface area contributed by atoms with E-state index in [2.05, 4.69) is 5.32 Å². The average molecular weight is 419 g/mol. The SMILES string of the molecule is COc1ccc(C(C)NC(=O)CCCN(c2cc(C)ccc2C)S(C)(=O)=O)cc1. The Hall–Kier alpha value is -2.54. The van der Waals surface area contributed by atoms with Crippen LogP contribution < -0.4 is 14.4 Å². The molecule has 1 unspecified atom stereocenters. The van der Waals surface area contributed by atoms with E-state index in [9.17, 15) is 13.2 Å². The highest BCUT2D eigenvalue weighted by atomic mass is 32.2. The number of sulfonamides is 1. The fourth-order valence-electron chi connectivity index (χ4n) is 3.13. The molecule has 0 aliphatic rings. The first-order valence-electron chi connectivity index (χ1n) is 9.60. The van der Waals surface area contributed by atoms with Gasteiger partial charge in [0.15, 0.2) is 0 Å². The van der Waals surface area contributed by atoms with E-state index in [0.717, 1.165) is 22.4 Å². The number of carbonyl (C=O) groups excluding carboxylic acids is 1. The maximum Gasteiger partial charge on any atom is 0.232 e. The molecule has 0 spiro atoms. The summed E-state index contributed by atoms with van der Waals surface area (Å²) in [5.41, 5.74) is 3.52. The van der Waals surface area contributed by atoms with Crippen LogP contribution in [0.4, 0.5) is 5.69 Å². The van der Waals surface area contributed by atoms with E-state index >= 15 is 0 Å². The van der Waals surface area contributed by atoms with Gasteiger partial charge in [-0.3, -0.25) is 9.10 Å². The lowest BCUT2D eigenvalue weighted by molar-refractivity contribution is -0.121. The van der Waals surface area contributed by atoms with Crippen molar-refractivity contribution < 1.29 is 17.9 Å². The van der Waals surface area contributed by atoms with Crippen LogP contribution in [0.5, 0.6) is 5.75 Å². The highest BCUT2D eigenvalue weighted by Gasteiger charge is 2.20. The molecule has 0 saturated heterocycles. The highest BCUT2D eigenvalue weighted by molar-refractivity contribution is 7.92. The predicted octanol–water partition coefficient (Wildman–Crippen LogP) is 3.74. The zero-order chi connectivity index (χ0) is 21.6. The highest BCUT2D eigenvalue weighted by Crippen LogP contribution is 2.24. The lowest BCUT2D eigenvalue weighted by Crippen LogP contribution is -2.33. The Morgan fingerprint density at radius 3 is 2.38 bits per heavy atom. The van der Waals surface area contributed by atoms with Gasteiger partial charge < -0.3 is 10.1 Å². The summed E-state index contributed by atoms with van der Waals surface area (Å²) in [6, 6.07) is 13.1. The molecule has 1 N–H and O–H groups in total. The molecule has 158 valence electrons. The van der Waals surface area contributed by atoms with Gasteiger partial charge in [0.25, 0.3) is 0 Å². The predicted molar refractivity (Wildman–Crippen MR) is 117 cm³/mol. The van der Waals surface area contributed by atoms with Gasteiger partial charge in [-0.1, -0.05) is 24.3 Å². The van der Waals surface area contributed by atoms with Crippen molar-refractivity contribution in [3.63, 3.8) is 0 Å². The molecule has 0 heterocycles. The Labute approximate surface area is 173 Å². The van der Waals surface area contributed by atoms with E-state index in [4.69, 9.17) is 4.74 Å². The number of carbonyl (C=O) groups is 1. The second-order valence-corrected chi connectivity index (χ2v) is 9.20. The monoisotopic (exact) mass is 418 g/mol. The Morgan fingerprint density at radius 1 is 1.14 bits per heavy atom. The van der Waals surface area contributed by atoms with Crippen molar-refractivity contribution in [1.82, 2.24) is 5.32 Å². The van der Waals surface area contributed by atoms with E-state index in [1.807, 2.05) is 63.2 Å². The molecule has 0 bridgehead atoms. The van der Waals surface area contributed by atoms with E-state index in [0.29, 0.717) is 12.1 Å². The second kappa shape index (κ2) is 9.78. The minimum Gasteiger partial charge on any atom is -0.497 e. The Morgan fingerprint density at radius 2 is 1.79 bits per heavy atom. The number of hydrogen-bond acceptors (Lipinski definition) is 4. The quantitative estimate of drug-likeness (QED) is 0.673. The van der Waals surface area contributed by atoms with Crippen LogP contribution in [0.25, 0.3) is 0 Å². The zero-order valence-electron chi connectivity index (χ0n) is 17.7. The van der Waals surface area contributed by atoms with Crippen molar-refractivity contribution >= 4 is 21.6 Å². The summed E-state index contributed by atoms with van der Waals surface area (Å²) in [5.74, 6) is 0.655. The van der Waals surface area contributed by atoms with Gasteiger partial charge >= 0.3 is 0 Å². The number of methoxy groups -OCH3 is 1. The Balaban J connectivity index is 1.96. The molecule has 0 aliphatic heterocycles. The fourth-order valence-corrected chi connectivity index (χ4v) is 4.14. The Bertz CT molecular complexity index is 940. The first-order chi connectivity index (χ1) is 13.6. The summed E-state index contributed by atoms with van der Waals surface area (Å²) in [6.45, 7) is 5.99.